The Balaban J connectivity index is 1.42. The van der Waals surface area contributed by atoms with E-state index < -0.39 is 0 Å². The molecule has 5 aromatic heterocycles. The van der Waals surface area contributed by atoms with Gasteiger partial charge in [0.25, 0.3) is 0 Å². The fraction of sp³-hybridized carbons (Fsp3) is 0.0417. The molecule has 6 aromatic rings. The molecule has 0 N–H and O–H groups in total. The minimum atomic E-state index is 0.535. The second kappa shape index (κ2) is 7.93. The summed E-state index contributed by atoms with van der Waals surface area (Å²) in [6.07, 6.45) is 9.22. The van der Waals surface area contributed by atoms with Crippen LogP contribution in [0.25, 0.3) is 45.3 Å². The Bertz CT molecular complexity index is 1620. The zero-order valence-electron chi connectivity index (χ0n) is 17.4. The van der Waals surface area contributed by atoms with E-state index >= 15 is 0 Å². The van der Waals surface area contributed by atoms with Crippen molar-refractivity contribution in [2.45, 2.75) is 6.54 Å². The number of rotatable bonds is 5. The lowest BCUT2D eigenvalue weighted by atomic mass is 10.2. The van der Waals surface area contributed by atoms with Crippen LogP contribution in [0.1, 0.15) is 0 Å². The Labute approximate surface area is 202 Å². The second-order valence-corrected chi connectivity index (χ2v) is 8.54. The van der Waals surface area contributed by atoms with Gasteiger partial charge in [-0.25, -0.2) is 24.6 Å². The highest BCUT2D eigenvalue weighted by Gasteiger charge is 2.17. The maximum Gasteiger partial charge on any atom is 0.183 e. The van der Waals surface area contributed by atoms with E-state index in [1.54, 1.807) is 12.5 Å². The van der Waals surface area contributed by atoms with E-state index in [4.69, 9.17) is 10.1 Å². The van der Waals surface area contributed by atoms with Crippen LogP contribution < -0.4 is 0 Å². The first-order valence-corrected chi connectivity index (χ1v) is 11.4. The molecule has 0 aliphatic heterocycles. The van der Waals surface area contributed by atoms with Gasteiger partial charge in [-0.05, 0) is 59.0 Å². The predicted molar refractivity (Wildman–Crippen MR) is 135 cm³/mol. The molecule has 0 amide bonds. The van der Waals surface area contributed by atoms with Crippen molar-refractivity contribution in [3.05, 3.63) is 89.8 Å². The van der Waals surface area contributed by atoms with Gasteiger partial charge in [0.1, 0.15) is 21.5 Å². The highest BCUT2D eigenvalue weighted by atomic mass is 127. The molecule has 1 aromatic carbocycles. The van der Waals surface area contributed by atoms with Gasteiger partial charge in [-0.3, -0.25) is 8.97 Å². The lowest BCUT2D eigenvalue weighted by molar-refractivity contribution is 0.711. The number of nitrogens with zero attached hydrogens (tertiary/aromatic N) is 8. The summed E-state index contributed by atoms with van der Waals surface area (Å²) in [4.78, 5) is 18.5. The van der Waals surface area contributed by atoms with Crippen molar-refractivity contribution >= 4 is 39.3 Å². The van der Waals surface area contributed by atoms with Crippen LogP contribution in [0.5, 0.6) is 0 Å². The number of halogens is 1. The van der Waals surface area contributed by atoms with Crippen molar-refractivity contribution in [1.29, 1.82) is 0 Å². The van der Waals surface area contributed by atoms with Gasteiger partial charge in [-0.15, -0.1) is 6.58 Å². The lowest BCUT2D eigenvalue weighted by Gasteiger charge is -2.05. The minimum absolute atomic E-state index is 0.535. The fourth-order valence-electron chi connectivity index (χ4n) is 3.87. The van der Waals surface area contributed by atoms with Gasteiger partial charge in [0.05, 0.1) is 29.3 Å². The van der Waals surface area contributed by atoms with Crippen LogP contribution in [0.4, 0.5) is 0 Å². The Morgan fingerprint density at radius 3 is 2.73 bits per heavy atom. The van der Waals surface area contributed by atoms with Crippen LogP contribution in [0, 0.1) is 3.70 Å². The smallest absolute Gasteiger partial charge is 0.183 e. The van der Waals surface area contributed by atoms with E-state index in [-0.39, 0.29) is 0 Å². The van der Waals surface area contributed by atoms with E-state index in [2.05, 4.69) is 44.1 Å². The maximum atomic E-state index is 4.86. The molecule has 0 unspecified atom stereocenters. The van der Waals surface area contributed by atoms with Crippen LogP contribution in [-0.2, 0) is 6.54 Å². The van der Waals surface area contributed by atoms with Crippen molar-refractivity contribution in [3.8, 4) is 28.6 Å². The summed E-state index contributed by atoms with van der Waals surface area (Å²) in [6.45, 7) is 4.41. The normalized spacial score (nSPS) is 11.4. The monoisotopic (exact) mass is 544 g/mol. The topological polar surface area (TPSA) is 78.7 Å². The standard InChI is InChI=1S/C24H17IN8/c1-2-11-33-24(17-6-5-12-31-20(25)14-27-23(17)31)29-22(30-33)16-9-10-21(26-13-16)32-15-28-18-7-3-4-8-19(18)32/h2-10,12-15H,1,11H2. The Kier molecular flexibility index (Phi) is 4.75. The number of imidazole rings is 2. The van der Waals surface area contributed by atoms with E-state index in [0.717, 1.165) is 43.2 Å². The quantitative estimate of drug-likeness (QED) is 0.231. The summed E-state index contributed by atoms with van der Waals surface area (Å²) < 4.78 is 6.88. The number of pyridine rings is 2. The van der Waals surface area contributed by atoms with Gasteiger partial charge in [0.15, 0.2) is 11.6 Å². The summed E-state index contributed by atoms with van der Waals surface area (Å²) in [6, 6.07) is 15.9. The first-order valence-electron chi connectivity index (χ1n) is 10.3. The third kappa shape index (κ3) is 3.32. The highest BCUT2D eigenvalue weighted by Crippen LogP contribution is 2.27. The van der Waals surface area contributed by atoms with E-state index in [1.807, 2.05) is 80.7 Å². The minimum Gasteiger partial charge on any atom is -0.294 e. The number of hydrogen-bond donors (Lipinski definition) is 0. The summed E-state index contributed by atoms with van der Waals surface area (Å²) in [5.41, 5.74) is 4.52. The highest BCUT2D eigenvalue weighted by molar-refractivity contribution is 14.1. The van der Waals surface area contributed by atoms with Gasteiger partial charge in [-0.2, -0.15) is 5.10 Å². The van der Waals surface area contributed by atoms with E-state index in [1.165, 1.54) is 0 Å². The Hall–Kier alpha value is -3.86. The molecule has 0 aliphatic carbocycles. The zero-order chi connectivity index (χ0) is 22.4. The largest absolute Gasteiger partial charge is 0.294 e. The predicted octanol–water partition coefficient (Wildman–Crippen LogP) is 4.78. The van der Waals surface area contributed by atoms with Crippen LogP contribution >= 0.6 is 22.6 Å². The number of para-hydroxylation sites is 2. The molecular weight excluding hydrogens is 527 g/mol. The van der Waals surface area contributed by atoms with Crippen molar-refractivity contribution in [3.63, 3.8) is 0 Å². The average Bonchev–Trinajstić information content (AvgIpc) is 3.57. The van der Waals surface area contributed by atoms with Gasteiger partial charge >= 0.3 is 0 Å². The summed E-state index contributed by atoms with van der Waals surface area (Å²) in [5.74, 6) is 2.13. The summed E-state index contributed by atoms with van der Waals surface area (Å²) >= 11 is 2.27. The molecule has 0 spiro atoms. The number of aromatic nitrogens is 8. The lowest BCUT2D eigenvalue weighted by Crippen LogP contribution is -2.02. The van der Waals surface area contributed by atoms with Gasteiger partial charge in [0, 0.05) is 18.0 Å². The molecule has 0 saturated heterocycles. The molecule has 0 saturated carbocycles. The molecule has 33 heavy (non-hydrogen) atoms. The number of hydrogen-bond acceptors (Lipinski definition) is 5. The van der Waals surface area contributed by atoms with Gasteiger partial charge in [-0.1, -0.05) is 18.2 Å². The molecule has 9 heteroatoms. The zero-order valence-corrected chi connectivity index (χ0v) is 19.5. The van der Waals surface area contributed by atoms with Crippen molar-refractivity contribution in [2.24, 2.45) is 0 Å². The Morgan fingerprint density at radius 2 is 1.88 bits per heavy atom. The second-order valence-electron chi connectivity index (χ2n) is 7.43. The van der Waals surface area contributed by atoms with Crippen LogP contribution in [0.3, 0.4) is 0 Å². The molecule has 5 heterocycles. The van der Waals surface area contributed by atoms with Crippen molar-refractivity contribution in [1.82, 2.24) is 38.7 Å². The molecule has 160 valence electrons. The molecule has 8 nitrogen and oxygen atoms in total. The molecule has 6 rings (SSSR count). The van der Waals surface area contributed by atoms with Gasteiger partial charge < -0.3 is 0 Å². The third-order valence-electron chi connectivity index (χ3n) is 5.41. The average molecular weight is 544 g/mol. The van der Waals surface area contributed by atoms with E-state index in [9.17, 15) is 0 Å². The number of allylic oxidation sites excluding steroid dienone is 1. The van der Waals surface area contributed by atoms with Gasteiger partial charge in [0.2, 0.25) is 0 Å². The van der Waals surface area contributed by atoms with Crippen LogP contribution in [-0.4, -0.2) is 38.7 Å². The summed E-state index contributed by atoms with van der Waals surface area (Å²) in [7, 11) is 0. The van der Waals surface area contributed by atoms with Crippen molar-refractivity contribution in [2.75, 3.05) is 0 Å². The van der Waals surface area contributed by atoms with Crippen LogP contribution in [0.15, 0.2) is 86.1 Å². The Morgan fingerprint density at radius 1 is 0.970 bits per heavy atom. The summed E-state index contributed by atoms with van der Waals surface area (Å²) in [5, 5.41) is 4.74. The van der Waals surface area contributed by atoms with Crippen molar-refractivity contribution < 1.29 is 0 Å². The SMILES string of the molecule is C=CCn1nc(-c2ccc(-n3cnc4ccccc43)nc2)nc1-c1cccn2c(I)cnc12. The van der Waals surface area contributed by atoms with E-state index in [0.29, 0.717) is 12.4 Å². The first-order chi connectivity index (χ1) is 16.2. The fourth-order valence-corrected chi connectivity index (χ4v) is 4.40. The molecule has 0 radical (unpaired) electrons. The van der Waals surface area contributed by atoms with Crippen LogP contribution in [0.2, 0.25) is 0 Å². The first kappa shape index (κ1) is 19.8. The molecule has 0 fully saturated rings. The molecule has 0 bridgehead atoms. The molecule has 0 atom stereocenters. The number of fused-ring (bicyclic) bond motifs is 2. The number of benzene rings is 1. The maximum absolute atomic E-state index is 4.86. The molecular formula is C24H17IN8. The molecule has 0 aliphatic rings. The third-order valence-corrected chi connectivity index (χ3v) is 6.21.